The van der Waals surface area contributed by atoms with Gasteiger partial charge in [0.15, 0.2) is 0 Å². The van der Waals surface area contributed by atoms with Gasteiger partial charge in [-0.2, -0.15) is 0 Å². The largest absolute Gasteiger partial charge is 0.481 e. The summed E-state index contributed by atoms with van der Waals surface area (Å²) >= 11 is 0. The van der Waals surface area contributed by atoms with E-state index in [9.17, 15) is 9.90 Å². The lowest BCUT2D eigenvalue weighted by Crippen LogP contribution is -2.35. The molecule has 0 radical (unpaired) electrons. The van der Waals surface area contributed by atoms with Crippen molar-refractivity contribution in [1.29, 1.82) is 0 Å². The van der Waals surface area contributed by atoms with Crippen molar-refractivity contribution in [2.75, 3.05) is 0 Å². The van der Waals surface area contributed by atoms with Crippen molar-refractivity contribution in [3.8, 4) is 0 Å². The normalized spacial score (nSPS) is 23.0. The lowest BCUT2D eigenvalue weighted by Gasteiger charge is -2.38. The summed E-state index contributed by atoms with van der Waals surface area (Å²) in [5, 5.41) is 9.22. The van der Waals surface area contributed by atoms with Gasteiger partial charge < -0.3 is 5.11 Å². The van der Waals surface area contributed by atoms with E-state index in [1.54, 1.807) is 0 Å². The summed E-state index contributed by atoms with van der Waals surface area (Å²) in [5.41, 5.74) is 0.0695. The molecule has 0 aromatic rings. The van der Waals surface area contributed by atoms with Gasteiger partial charge in [-0.15, -0.1) is 0 Å². The topological polar surface area (TPSA) is 37.3 Å². The van der Waals surface area contributed by atoms with Gasteiger partial charge >= 0.3 is 5.97 Å². The number of carboxylic acid groups (broad SMARTS) is 1. The van der Waals surface area contributed by atoms with Crippen LogP contribution in [0.3, 0.4) is 0 Å². The molecule has 0 aliphatic heterocycles. The first kappa shape index (κ1) is 11.5. The molecule has 0 heterocycles. The Bertz CT molecular complexity index is 192. The van der Waals surface area contributed by atoms with Crippen LogP contribution in [0.15, 0.2) is 0 Å². The van der Waals surface area contributed by atoms with Crippen LogP contribution in [0.5, 0.6) is 0 Å². The maximum Gasteiger partial charge on any atom is 0.307 e. The van der Waals surface area contributed by atoms with Crippen molar-refractivity contribution in [2.24, 2.45) is 11.3 Å². The first-order valence-electron chi connectivity index (χ1n) is 5.83. The van der Waals surface area contributed by atoms with E-state index < -0.39 is 5.97 Å². The highest BCUT2D eigenvalue weighted by molar-refractivity contribution is 5.71. The van der Waals surface area contributed by atoms with E-state index in [2.05, 4.69) is 13.8 Å². The van der Waals surface area contributed by atoms with Gasteiger partial charge in [-0.3, -0.25) is 4.79 Å². The number of rotatable bonds is 4. The molecule has 1 saturated carbocycles. The third-order valence-corrected chi connectivity index (χ3v) is 3.71. The minimum atomic E-state index is -0.587. The number of hydrogen-bond acceptors (Lipinski definition) is 1. The molecule has 1 fully saturated rings. The van der Waals surface area contributed by atoms with E-state index in [4.69, 9.17) is 0 Å². The first-order chi connectivity index (χ1) is 6.60. The number of carboxylic acids is 1. The molecule has 0 saturated heterocycles. The molecule has 14 heavy (non-hydrogen) atoms. The summed E-state index contributed by atoms with van der Waals surface area (Å²) in [6, 6.07) is 0. The average molecular weight is 198 g/mol. The van der Waals surface area contributed by atoms with Gasteiger partial charge in [-0.25, -0.2) is 0 Å². The molecule has 2 nitrogen and oxygen atoms in total. The predicted molar refractivity (Wildman–Crippen MR) is 57.2 cm³/mol. The van der Waals surface area contributed by atoms with Crippen LogP contribution in [-0.2, 0) is 4.79 Å². The standard InChI is InChI=1S/C12H22O2/c1-3-7-10(11(13)14)12(2)8-5-4-6-9-12/h10H,3-9H2,1-2H3,(H,13,14). The summed E-state index contributed by atoms with van der Waals surface area (Å²) < 4.78 is 0. The maximum atomic E-state index is 11.2. The lowest BCUT2D eigenvalue weighted by molar-refractivity contribution is -0.147. The smallest absolute Gasteiger partial charge is 0.307 e. The van der Waals surface area contributed by atoms with Crippen LogP contribution in [0.4, 0.5) is 0 Å². The van der Waals surface area contributed by atoms with E-state index in [0.717, 1.165) is 25.7 Å². The summed E-state index contributed by atoms with van der Waals surface area (Å²) in [4.78, 5) is 11.2. The monoisotopic (exact) mass is 198 g/mol. The molecule has 0 bridgehead atoms. The highest BCUT2D eigenvalue weighted by Crippen LogP contribution is 2.44. The second-order valence-electron chi connectivity index (χ2n) is 4.89. The molecule has 1 aliphatic carbocycles. The molecule has 82 valence electrons. The molecule has 1 aliphatic rings. The van der Waals surface area contributed by atoms with Crippen molar-refractivity contribution in [3.05, 3.63) is 0 Å². The van der Waals surface area contributed by atoms with Crippen LogP contribution in [0, 0.1) is 11.3 Å². The Hall–Kier alpha value is -0.530. The van der Waals surface area contributed by atoms with Crippen molar-refractivity contribution in [2.45, 2.75) is 58.8 Å². The molecular weight excluding hydrogens is 176 g/mol. The summed E-state index contributed by atoms with van der Waals surface area (Å²) in [6.45, 7) is 4.24. The van der Waals surface area contributed by atoms with Gasteiger partial charge in [0, 0.05) is 0 Å². The van der Waals surface area contributed by atoms with Gasteiger partial charge in [0.1, 0.15) is 0 Å². The third kappa shape index (κ3) is 2.49. The Labute approximate surface area is 86.7 Å². The second-order valence-corrected chi connectivity index (χ2v) is 4.89. The molecule has 0 spiro atoms. The fourth-order valence-corrected chi connectivity index (χ4v) is 2.77. The first-order valence-corrected chi connectivity index (χ1v) is 5.83. The molecule has 1 unspecified atom stereocenters. The molecule has 1 rings (SSSR count). The fourth-order valence-electron chi connectivity index (χ4n) is 2.77. The molecule has 1 N–H and O–H groups in total. The summed E-state index contributed by atoms with van der Waals surface area (Å²) in [7, 11) is 0. The molecule has 0 aromatic carbocycles. The van der Waals surface area contributed by atoms with E-state index in [1.807, 2.05) is 0 Å². The molecule has 2 heteroatoms. The van der Waals surface area contributed by atoms with Gasteiger partial charge in [0.2, 0.25) is 0 Å². The lowest BCUT2D eigenvalue weighted by atomic mass is 9.66. The highest BCUT2D eigenvalue weighted by Gasteiger charge is 2.38. The zero-order valence-corrected chi connectivity index (χ0v) is 9.38. The molecule has 1 atom stereocenters. The Balaban J connectivity index is 2.68. The van der Waals surface area contributed by atoms with E-state index in [0.29, 0.717) is 0 Å². The van der Waals surface area contributed by atoms with Crippen LogP contribution >= 0.6 is 0 Å². The number of carbonyl (C=O) groups is 1. The highest BCUT2D eigenvalue weighted by atomic mass is 16.4. The van der Waals surface area contributed by atoms with Crippen LogP contribution in [0.2, 0.25) is 0 Å². The molecule has 0 amide bonds. The molecular formula is C12H22O2. The van der Waals surface area contributed by atoms with Crippen molar-refractivity contribution >= 4 is 5.97 Å². The van der Waals surface area contributed by atoms with E-state index >= 15 is 0 Å². The van der Waals surface area contributed by atoms with E-state index in [1.165, 1.54) is 19.3 Å². The second kappa shape index (κ2) is 4.81. The Morgan fingerprint density at radius 3 is 2.36 bits per heavy atom. The minimum absolute atomic E-state index is 0.0695. The predicted octanol–water partition coefficient (Wildman–Crippen LogP) is 3.46. The summed E-state index contributed by atoms with van der Waals surface area (Å²) in [6.07, 6.45) is 7.73. The van der Waals surface area contributed by atoms with Gasteiger partial charge in [-0.1, -0.05) is 39.5 Å². The molecule has 0 aromatic heterocycles. The van der Waals surface area contributed by atoms with Gasteiger partial charge in [-0.05, 0) is 24.7 Å². The van der Waals surface area contributed by atoms with Gasteiger partial charge in [0.05, 0.1) is 5.92 Å². The maximum absolute atomic E-state index is 11.2. The average Bonchev–Trinajstić information content (AvgIpc) is 2.14. The Kier molecular flexibility index (Phi) is 3.97. The van der Waals surface area contributed by atoms with E-state index in [-0.39, 0.29) is 11.3 Å². The van der Waals surface area contributed by atoms with Crippen molar-refractivity contribution < 1.29 is 9.90 Å². The fraction of sp³-hybridized carbons (Fsp3) is 0.917. The van der Waals surface area contributed by atoms with Gasteiger partial charge in [0.25, 0.3) is 0 Å². The quantitative estimate of drug-likeness (QED) is 0.751. The zero-order valence-electron chi connectivity index (χ0n) is 9.38. The number of aliphatic carboxylic acids is 1. The summed E-state index contributed by atoms with van der Waals surface area (Å²) in [5.74, 6) is -0.705. The SMILES string of the molecule is CCCC(C(=O)O)C1(C)CCCCC1. The minimum Gasteiger partial charge on any atom is -0.481 e. The van der Waals surface area contributed by atoms with Crippen LogP contribution in [0.1, 0.15) is 58.8 Å². The Morgan fingerprint density at radius 1 is 1.36 bits per heavy atom. The van der Waals surface area contributed by atoms with Crippen molar-refractivity contribution in [1.82, 2.24) is 0 Å². The number of hydrogen-bond donors (Lipinski definition) is 1. The van der Waals surface area contributed by atoms with Crippen molar-refractivity contribution in [3.63, 3.8) is 0 Å². The third-order valence-electron chi connectivity index (χ3n) is 3.71. The van der Waals surface area contributed by atoms with Crippen LogP contribution < -0.4 is 0 Å². The Morgan fingerprint density at radius 2 is 1.93 bits per heavy atom. The van der Waals surface area contributed by atoms with Crippen LogP contribution in [0.25, 0.3) is 0 Å². The van der Waals surface area contributed by atoms with Crippen LogP contribution in [-0.4, -0.2) is 11.1 Å². The zero-order chi connectivity index (χ0) is 10.6.